The number of carbonyl (C=O) groups excluding carboxylic acids is 3. The molecule has 8 nitrogen and oxygen atoms in total. The van der Waals surface area contributed by atoms with E-state index in [4.69, 9.17) is 9.84 Å². The van der Waals surface area contributed by atoms with E-state index in [0.717, 1.165) is 34.9 Å². The molecule has 4 rings (SSSR count). The Kier molecular flexibility index (Phi) is 10.6. The molecule has 1 atom stereocenters. The van der Waals surface area contributed by atoms with Gasteiger partial charge in [-0.15, -0.1) is 0 Å². The van der Waals surface area contributed by atoms with Crippen LogP contribution in [-0.4, -0.2) is 54.3 Å². The number of ether oxygens (including phenoxy) is 1. The second kappa shape index (κ2) is 13.9. The number of amides is 3. The summed E-state index contributed by atoms with van der Waals surface area (Å²) in [4.78, 5) is 36.2. The summed E-state index contributed by atoms with van der Waals surface area (Å²) in [5.74, 6) is -2.46. The topological polar surface area (TPSA) is 122 Å². The number of primary amides is 1. The first-order valence-electron chi connectivity index (χ1n) is 12.9. The fraction of sp³-hybridized carbons (Fsp3) is 0.300. The van der Waals surface area contributed by atoms with Crippen LogP contribution in [0.4, 0.5) is 18.9 Å². The van der Waals surface area contributed by atoms with E-state index in [0.29, 0.717) is 26.2 Å². The van der Waals surface area contributed by atoms with E-state index < -0.39 is 36.6 Å². The lowest BCUT2D eigenvalue weighted by Gasteiger charge is -2.23. The fourth-order valence-corrected chi connectivity index (χ4v) is 4.03. The third-order valence-electron chi connectivity index (χ3n) is 6.33. The van der Waals surface area contributed by atoms with Gasteiger partial charge in [-0.2, -0.15) is 13.2 Å². The monoisotopic (exact) mass is 571 g/mol. The molecule has 1 aliphatic heterocycles. The molecule has 0 spiro atoms. The largest absolute Gasteiger partial charge is 0.390 e. The van der Waals surface area contributed by atoms with Crippen molar-refractivity contribution in [3.8, 4) is 11.1 Å². The summed E-state index contributed by atoms with van der Waals surface area (Å²) in [7, 11) is 0. The quantitative estimate of drug-likeness (QED) is 0.267. The van der Waals surface area contributed by atoms with Crippen molar-refractivity contribution in [2.45, 2.75) is 38.1 Å². The Morgan fingerprint density at radius 3 is 2.24 bits per heavy atom. The van der Waals surface area contributed by atoms with Crippen LogP contribution in [0.3, 0.4) is 0 Å². The Morgan fingerprint density at radius 1 is 0.976 bits per heavy atom. The van der Waals surface area contributed by atoms with Crippen molar-refractivity contribution in [3.63, 3.8) is 0 Å². The van der Waals surface area contributed by atoms with Gasteiger partial charge in [-0.3, -0.25) is 14.4 Å². The Morgan fingerprint density at radius 2 is 1.59 bits per heavy atom. The second-order valence-corrected chi connectivity index (χ2v) is 9.49. The molecule has 41 heavy (non-hydrogen) atoms. The van der Waals surface area contributed by atoms with Crippen molar-refractivity contribution >= 4 is 23.4 Å². The van der Waals surface area contributed by atoms with Crippen LogP contribution in [0.5, 0.6) is 0 Å². The van der Waals surface area contributed by atoms with Crippen molar-refractivity contribution in [3.05, 3.63) is 90.0 Å². The molecule has 0 aliphatic carbocycles. The molecule has 0 bridgehead atoms. The highest BCUT2D eigenvalue weighted by Crippen LogP contribution is 2.36. The molecule has 0 aromatic heterocycles. The lowest BCUT2D eigenvalue weighted by atomic mass is 9.98. The van der Waals surface area contributed by atoms with E-state index in [1.54, 1.807) is 5.32 Å². The smallest absolute Gasteiger partial charge is 0.375 e. The Balaban J connectivity index is 0.000000266. The molecule has 0 fully saturated rings. The lowest BCUT2D eigenvalue weighted by Crippen LogP contribution is -2.53. The number of para-hydroxylation sites is 1. The van der Waals surface area contributed by atoms with Gasteiger partial charge in [0.15, 0.2) is 0 Å². The van der Waals surface area contributed by atoms with Gasteiger partial charge in [-0.1, -0.05) is 72.8 Å². The number of hydrogen-bond donors (Lipinski definition) is 3. The van der Waals surface area contributed by atoms with E-state index in [2.05, 4.69) is 17.9 Å². The maximum absolute atomic E-state index is 12.9. The molecule has 218 valence electrons. The molecule has 3 amide bonds. The van der Waals surface area contributed by atoms with Gasteiger partial charge in [0.1, 0.15) is 0 Å². The normalized spacial score (nSPS) is 14.0. The van der Waals surface area contributed by atoms with Crippen molar-refractivity contribution in [1.29, 1.82) is 0 Å². The zero-order chi connectivity index (χ0) is 30.0. The first-order chi connectivity index (χ1) is 19.4. The van der Waals surface area contributed by atoms with Gasteiger partial charge in [0.25, 0.3) is 11.8 Å². The number of anilines is 1. The number of alkyl halides is 3. The fourth-order valence-electron chi connectivity index (χ4n) is 4.03. The minimum Gasteiger partial charge on any atom is -0.375 e. The minimum absolute atomic E-state index is 0.116. The summed E-state index contributed by atoms with van der Waals surface area (Å²) in [5.41, 5.74) is 7.60. The number of nitrogens with two attached hydrogens (primary N) is 1. The van der Waals surface area contributed by atoms with Gasteiger partial charge in [0.2, 0.25) is 11.5 Å². The molecule has 4 N–H and O–H groups in total. The molecular formula is C30H32F3N3O5. The zero-order valence-corrected chi connectivity index (χ0v) is 22.5. The highest BCUT2D eigenvalue weighted by molar-refractivity contribution is 6.07. The van der Waals surface area contributed by atoms with Crippen molar-refractivity contribution in [2.24, 2.45) is 5.73 Å². The summed E-state index contributed by atoms with van der Waals surface area (Å²) in [5, 5.41) is 10.9. The third-order valence-corrected chi connectivity index (χ3v) is 6.33. The molecule has 0 saturated carbocycles. The van der Waals surface area contributed by atoms with Crippen LogP contribution in [0.2, 0.25) is 0 Å². The van der Waals surface area contributed by atoms with Crippen LogP contribution in [0, 0.1) is 0 Å². The number of fused-ring (bicyclic) bond motifs is 3. The van der Waals surface area contributed by atoms with Gasteiger partial charge >= 0.3 is 6.18 Å². The molecule has 1 aliphatic rings. The van der Waals surface area contributed by atoms with Crippen LogP contribution in [0.15, 0.2) is 78.9 Å². The Bertz CT molecular complexity index is 1350. The lowest BCUT2D eigenvalue weighted by molar-refractivity contribution is -0.151. The number of rotatable bonds is 9. The van der Waals surface area contributed by atoms with Gasteiger partial charge in [0, 0.05) is 18.7 Å². The summed E-state index contributed by atoms with van der Waals surface area (Å²) in [6, 6.07) is 26.4. The van der Waals surface area contributed by atoms with Crippen molar-refractivity contribution in [1.82, 2.24) is 5.32 Å². The Hall–Kier alpha value is -4.22. The van der Waals surface area contributed by atoms with E-state index >= 15 is 0 Å². The second-order valence-electron chi connectivity index (χ2n) is 9.49. The van der Waals surface area contributed by atoms with Gasteiger partial charge in [-0.05, 0) is 29.7 Å². The first kappa shape index (κ1) is 31.3. The van der Waals surface area contributed by atoms with E-state index in [1.807, 2.05) is 71.6 Å². The van der Waals surface area contributed by atoms with Crippen LogP contribution in [-0.2, 0) is 32.1 Å². The van der Waals surface area contributed by atoms with Gasteiger partial charge < -0.3 is 25.8 Å². The van der Waals surface area contributed by atoms with Crippen LogP contribution in [0.1, 0.15) is 24.5 Å². The molecule has 11 heteroatoms. The van der Waals surface area contributed by atoms with E-state index in [9.17, 15) is 27.6 Å². The molecule has 1 heterocycles. The third kappa shape index (κ3) is 8.89. The average Bonchev–Trinajstić information content (AvgIpc) is 3.05. The van der Waals surface area contributed by atoms with E-state index in [-0.39, 0.29) is 5.91 Å². The molecule has 3 aromatic carbocycles. The summed E-state index contributed by atoms with van der Waals surface area (Å²) in [6.07, 6.45) is -5.23. The number of benzene rings is 3. The van der Waals surface area contributed by atoms with Crippen molar-refractivity contribution < 1.29 is 37.4 Å². The van der Waals surface area contributed by atoms with Crippen molar-refractivity contribution in [2.75, 3.05) is 24.6 Å². The SMILES string of the molecule is CC(O)(C(N)=O)C(=O)NCCC(F)(F)F.O=C1Cc2ccccc2-c2ccccc2N1CCOCc1ccccc1. The summed E-state index contributed by atoms with van der Waals surface area (Å²) < 4.78 is 40.8. The first-order valence-corrected chi connectivity index (χ1v) is 12.9. The average molecular weight is 572 g/mol. The van der Waals surface area contributed by atoms with Gasteiger partial charge in [-0.25, -0.2) is 0 Å². The highest BCUT2D eigenvalue weighted by atomic mass is 19.4. The summed E-state index contributed by atoms with van der Waals surface area (Å²) >= 11 is 0. The number of aliphatic hydroxyl groups is 1. The number of halogens is 3. The number of nitrogens with zero attached hydrogens (tertiary/aromatic N) is 1. The van der Waals surface area contributed by atoms with Crippen LogP contribution >= 0.6 is 0 Å². The minimum atomic E-state index is -4.41. The number of carbonyl (C=O) groups is 3. The standard InChI is InChI=1S/C23H21NO2.C7H11F3N2O3/c25-23-16-19-10-4-5-11-20(19)21-12-6-7-13-22(21)24(23)14-15-26-17-18-8-2-1-3-9-18;1-6(15,4(11)13)5(14)12-3-2-7(8,9)10/h1-13H,14-17H2;15H,2-3H2,1H3,(H2,11,13)(H,12,14). The maximum atomic E-state index is 12.9. The predicted molar refractivity (Wildman–Crippen MR) is 148 cm³/mol. The molecule has 1 unspecified atom stereocenters. The maximum Gasteiger partial charge on any atom is 0.390 e. The molecule has 0 radical (unpaired) electrons. The Labute approximate surface area is 235 Å². The van der Waals surface area contributed by atoms with Gasteiger partial charge in [0.05, 0.1) is 31.7 Å². The predicted octanol–water partition coefficient (Wildman–Crippen LogP) is 3.75. The number of hydrogen-bond acceptors (Lipinski definition) is 5. The van der Waals surface area contributed by atoms with E-state index in [1.165, 1.54) is 0 Å². The molecule has 0 saturated heterocycles. The van der Waals surface area contributed by atoms with Crippen LogP contribution in [0.25, 0.3) is 11.1 Å². The number of nitrogens with one attached hydrogen (secondary N) is 1. The van der Waals surface area contributed by atoms with Crippen LogP contribution < -0.4 is 16.0 Å². The highest BCUT2D eigenvalue weighted by Gasteiger charge is 2.37. The summed E-state index contributed by atoms with van der Waals surface area (Å²) in [6.45, 7) is 1.71. The molecule has 3 aromatic rings. The molecular weight excluding hydrogens is 539 g/mol. The zero-order valence-electron chi connectivity index (χ0n) is 22.5.